The first-order chi connectivity index (χ1) is 9.92. The van der Waals surface area contributed by atoms with Crippen molar-refractivity contribution in [1.29, 1.82) is 0 Å². The van der Waals surface area contributed by atoms with Gasteiger partial charge in [-0.2, -0.15) is 0 Å². The van der Waals surface area contributed by atoms with Crippen molar-refractivity contribution in [3.8, 4) is 0 Å². The van der Waals surface area contributed by atoms with Gasteiger partial charge in [0.2, 0.25) is 0 Å². The molecule has 0 unspecified atom stereocenters. The number of nitrogens with one attached hydrogen (secondary N) is 1. The van der Waals surface area contributed by atoms with Gasteiger partial charge in [-0.15, -0.1) is 0 Å². The molecule has 0 saturated carbocycles. The molecule has 106 valence electrons. The Morgan fingerprint density at radius 1 is 0.800 bits per heavy atom. The van der Waals surface area contributed by atoms with Gasteiger partial charge in [-0.1, -0.05) is 60.7 Å². The van der Waals surface area contributed by atoms with Crippen LogP contribution in [0.1, 0.15) is 29.9 Å². The Labute approximate surface area is 121 Å². The van der Waals surface area contributed by atoms with Crippen LogP contribution in [0, 0.1) is 0 Å². The van der Waals surface area contributed by atoms with Gasteiger partial charge in [-0.05, 0) is 37.1 Å². The van der Waals surface area contributed by atoms with E-state index in [1.165, 1.54) is 11.1 Å². The zero-order valence-corrected chi connectivity index (χ0v) is 11.8. The fourth-order valence-corrected chi connectivity index (χ4v) is 2.47. The molecule has 2 N–H and O–H groups in total. The maximum atomic E-state index is 8.79. The third kappa shape index (κ3) is 4.48. The van der Waals surface area contributed by atoms with Gasteiger partial charge in [0.15, 0.2) is 0 Å². The summed E-state index contributed by atoms with van der Waals surface area (Å²) in [4.78, 5) is 0. The molecule has 0 saturated heterocycles. The Balaban J connectivity index is 2.02. The molecule has 0 heterocycles. The van der Waals surface area contributed by atoms with Gasteiger partial charge in [0.1, 0.15) is 0 Å². The monoisotopic (exact) mass is 269 g/mol. The summed E-state index contributed by atoms with van der Waals surface area (Å²) in [7, 11) is 0. The van der Waals surface area contributed by atoms with Crippen LogP contribution in [0.4, 0.5) is 0 Å². The Hall–Kier alpha value is -1.64. The van der Waals surface area contributed by atoms with E-state index in [1.54, 1.807) is 0 Å². The number of hydrogen-bond donors (Lipinski definition) is 2. The summed E-state index contributed by atoms with van der Waals surface area (Å²) < 4.78 is 0. The van der Waals surface area contributed by atoms with Crippen molar-refractivity contribution in [3.05, 3.63) is 71.8 Å². The topological polar surface area (TPSA) is 32.3 Å². The Bertz CT molecular complexity index is 430. The SMILES string of the molecule is OCCCNCCC(c1ccccc1)c1ccccc1. The van der Waals surface area contributed by atoms with E-state index >= 15 is 0 Å². The predicted molar refractivity (Wildman–Crippen MR) is 83.9 cm³/mol. The average molecular weight is 269 g/mol. The molecule has 0 spiro atoms. The third-order valence-electron chi connectivity index (χ3n) is 3.53. The van der Waals surface area contributed by atoms with E-state index in [0.29, 0.717) is 5.92 Å². The quantitative estimate of drug-likeness (QED) is 0.721. The van der Waals surface area contributed by atoms with E-state index in [9.17, 15) is 0 Å². The molecule has 0 aliphatic heterocycles. The lowest BCUT2D eigenvalue weighted by Crippen LogP contribution is -2.20. The fourth-order valence-electron chi connectivity index (χ4n) is 2.47. The van der Waals surface area contributed by atoms with Gasteiger partial charge >= 0.3 is 0 Å². The number of aliphatic hydroxyl groups is 1. The van der Waals surface area contributed by atoms with Crippen molar-refractivity contribution in [2.24, 2.45) is 0 Å². The number of rotatable bonds is 8. The van der Waals surface area contributed by atoms with E-state index in [4.69, 9.17) is 5.11 Å². The summed E-state index contributed by atoms with van der Waals surface area (Å²) in [5, 5.41) is 12.2. The van der Waals surface area contributed by atoms with Crippen molar-refractivity contribution in [2.45, 2.75) is 18.8 Å². The van der Waals surface area contributed by atoms with E-state index in [0.717, 1.165) is 25.9 Å². The zero-order valence-electron chi connectivity index (χ0n) is 11.8. The molecule has 2 rings (SSSR count). The summed E-state index contributed by atoms with van der Waals surface area (Å²) in [5.74, 6) is 0.430. The summed E-state index contributed by atoms with van der Waals surface area (Å²) in [5.41, 5.74) is 2.73. The minimum Gasteiger partial charge on any atom is -0.396 e. The Morgan fingerprint density at radius 2 is 1.35 bits per heavy atom. The molecule has 0 amide bonds. The molecule has 0 fully saturated rings. The fraction of sp³-hybridized carbons (Fsp3) is 0.333. The highest BCUT2D eigenvalue weighted by Gasteiger charge is 2.12. The molecular formula is C18H23NO. The number of benzene rings is 2. The molecule has 0 aliphatic rings. The van der Waals surface area contributed by atoms with Crippen LogP contribution in [0.5, 0.6) is 0 Å². The lowest BCUT2D eigenvalue weighted by molar-refractivity contribution is 0.286. The average Bonchev–Trinajstić information content (AvgIpc) is 2.53. The maximum Gasteiger partial charge on any atom is 0.0443 e. The smallest absolute Gasteiger partial charge is 0.0443 e. The molecule has 0 bridgehead atoms. The number of aliphatic hydroxyl groups excluding tert-OH is 1. The second-order valence-corrected chi connectivity index (χ2v) is 4.99. The van der Waals surface area contributed by atoms with Crippen LogP contribution in [0.3, 0.4) is 0 Å². The first-order valence-electron chi connectivity index (χ1n) is 7.33. The Kier molecular flexibility index (Phi) is 6.28. The summed E-state index contributed by atoms with van der Waals surface area (Å²) >= 11 is 0. The highest BCUT2D eigenvalue weighted by Crippen LogP contribution is 2.27. The summed E-state index contributed by atoms with van der Waals surface area (Å²) in [6.45, 7) is 2.11. The minimum atomic E-state index is 0.258. The maximum absolute atomic E-state index is 8.79. The molecule has 0 radical (unpaired) electrons. The second kappa shape index (κ2) is 8.51. The number of hydrogen-bond acceptors (Lipinski definition) is 2. The first-order valence-corrected chi connectivity index (χ1v) is 7.33. The lowest BCUT2D eigenvalue weighted by atomic mass is 9.88. The van der Waals surface area contributed by atoms with Crippen LogP contribution in [-0.2, 0) is 0 Å². The largest absolute Gasteiger partial charge is 0.396 e. The zero-order chi connectivity index (χ0) is 14.0. The second-order valence-electron chi connectivity index (χ2n) is 4.99. The molecular weight excluding hydrogens is 246 g/mol. The van der Waals surface area contributed by atoms with Crippen LogP contribution in [-0.4, -0.2) is 24.8 Å². The van der Waals surface area contributed by atoms with Crippen molar-refractivity contribution in [2.75, 3.05) is 19.7 Å². The van der Waals surface area contributed by atoms with E-state index in [-0.39, 0.29) is 6.61 Å². The van der Waals surface area contributed by atoms with Gasteiger partial charge < -0.3 is 10.4 Å². The van der Waals surface area contributed by atoms with Crippen molar-refractivity contribution >= 4 is 0 Å². The van der Waals surface area contributed by atoms with Gasteiger partial charge in [0.05, 0.1) is 0 Å². The molecule has 2 nitrogen and oxygen atoms in total. The van der Waals surface area contributed by atoms with Gasteiger partial charge in [0.25, 0.3) is 0 Å². The minimum absolute atomic E-state index is 0.258. The van der Waals surface area contributed by atoms with E-state index < -0.39 is 0 Å². The standard InChI is InChI=1S/C18H23NO/c20-15-7-13-19-14-12-18(16-8-3-1-4-9-16)17-10-5-2-6-11-17/h1-6,8-11,18-20H,7,12-15H2. The highest BCUT2D eigenvalue weighted by molar-refractivity contribution is 5.32. The predicted octanol–water partition coefficient (Wildman–Crippen LogP) is 3.18. The Morgan fingerprint density at radius 3 is 1.85 bits per heavy atom. The highest BCUT2D eigenvalue weighted by atomic mass is 16.3. The molecule has 0 atom stereocenters. The molecule has 0 aliphatic carbocycles. The van der Waals surface area contributed by atoms with Gasteiger partial charge in [-0.3, -0.25) is 0 Å². The van der Waals surface area contributed by atoms with Crippen LogP contribution in [0.25, 0.3) is 0 Å². The summed E-state index contributed by atoms with van der Waals surface area (Å²) in [6, 6.07) is 21.3. The molecule has 2 aromatic rings. The molecule has 20 heavy (non-hydrogen) atoms. The van der Waals surface area contributed by atoms with Crippen molar-refractivity contribution < 1.29 is 5.11 Å². The summed E-state index contributed by atoms with van der Waals surface area (Å²) in [6.07, 6.45) is 1.89. The first kappa shape index (κ1) is 14.8. The van der Waals surface area contributed by atoms with E-state index in [2.05, 4.69) is 66.0 Å². The van der Waals surface area contributed by atoms with Gasteiger partial charge in [-0.25, -0.2) is 0 Å². The van der Waals surface area contributed by atoms with Crippen molar-refractivity contribution in [3.63, 3.8) is 0 Å². The van der Waals surface area contributed by atoms with E-state index in [1.807, 2.05) is 0 Å². The molecule has 2 heteroatoms. The third-order valence-corrected chi connectivity index (χ3v) is 3.53. The molecule has 2 aromatic carbocycles. The lowest BCUT2D eigenvalue weighted by Gasteiger charge is -2.18. The molecule has 0 aromatic heterocycles. The van der Waals surface area contributed by atoms with Gasteiger partial charge in [0, 0.05) is 12.5 Å². The van der Waals surface area contributed by atoms with Crippen LogP contribution < -0.4 is 5.32 Å². The van der Waals surface area contributed by atoms with Crippen LogP contribution in [0.15, 0.2) is 60.7 Å². The van der Waals surface area contributed by atoms with Crippen molar-refractivity contribution in [1.82, 2.24) is 5.32 Å². The normalized spacial score (nSPS) is 10.9. The van der Waals surface area contributed by atoms with Crippen LogP contribution in [0.2, 0.25) is 0 Å². The van der Waals surface area contributed by atoms with Crippen LogP contribution >= 0.6 is 0 Å².